The number of carbonyl (C=O) groups is 1. The fourth-order valence-electron chi connectivity index (χ4n) is 4.31. The average molecular weight is 508 g/mol. The summed E-state index contributed by atoms with van der Waals surface area (Å²) in [5, 5.41) is 9.38. The number of fused-ring (bicyclic) bond motifs is 1. The van der Waals surface area contributed by atoms with E-state index in [-0.39, 0.29) is 5.91 Å². The largest absolute Gasteiger partial charge is 0.493 e. The first-order chi connectivity index (χ1) is 18.3. The van der Waals surface area contributed by atoms with Gasteiger partial charge >= 0.3 is 0 Å². The fraction of sp³-hybridized carbons (Fsp3) is 0.200. The number of nitrogens with one attached hydrogen (secondary N) is 1. The van der Waals surface area contributed by atoms with Crippen LogP contribution in [0.25, 0.3) is 16.6 Å². The third-order valence-electron chi connectivity index (χ3n) is 6.42. The monoisotopic (exact) mass is 507 g/mol. The maximum Gasteiger partial charge on any atom is 0.260 e. The second-order valence-corrected chi connectivity index (χ2v) is 8.99. The van der Waals surface area contributed by atoms with E-state index in [1.54, 1.807) is 35.0 Å². The van der Waals surface area contributed by atoms with Crippen molar-refractivity contribution in [2.45, 2.75) is 34.6 Å². The van der Waals surface area contributed by atoms with Gasteiger partial charge in [-0.2, -0.15) is 10.1 Å². The molecule has 0 bridgehead atoms. The van der Waals surface area contributed by atoms with Gasteiger partial charge in [0.15, 0.2) is 5.82 Å². The van der Waals surface area contributed by atoms with Crippen molar-refractivity contribution in [2.24, 2.45) is 0 Å². The summed E-state index contributed by atoms with van der Waals surface area (Å²) in [6, 6.07) is 20.5. The average Bonchev–Trinajstić information content (AvgIpc) is 3.16. The van der Waals surface area contributed by atoms with Crippen molar-refractivity contribution in [2.75, 3.05) is 11.9 Å². The molecule has 0 unspecified atom stereocenters. The van der Waals surface area contributed by atoms with Crippen molar-refractivity contribution >= 4 is 22.4 Å². The summed E-state index contributed by atoms with van der Waals surface area (Å²) in [7, 11) is 0. The van der Waals surface area contributed by atoms with Crippen LogP contribution in [0.3, 0.4) is 0 Å². The summed E-state index contributed by atoms with van der Waals surface area (Å²) in [6.07, 6.45) is 0. The molecule has 2 heterocycles. The molecular formula is C30H29N5O3. The molecule has 8 heteroatoms. The Kier molecular flexibility index (Phi) is 6.79. The highest BCUT2D eigenvalue weighted by atomic mass is 16.5. The fourth-order valence-corrected chi connectivity index (χ4v) is 4.31. The molecular weight excluding hydrogens is 478 g/mol. The summed E-state index contributed by atoms with van der Waals surface area (Å²) in [4.78, 5) is 22.3. The Hall–Kier alpha value is -4.72. The minimum atomic E-state index is -0.241. The van der Waals surface area contributed by atoms with Crippen molar-refractivity contribution in [3.8, 4) is 23.2 Å². The number of aryl methyl sites for hydroxylation is 2. The Morgan fingerprint density at radius 1 is 0.947 bits per heavy atom. The zero-order chi connectivity index (χ0) is 26.8. The lowest BCUT2D eigenvalue weighted by Gasteiger charge is -2.14. The molecule has 0 saturated carbocycles. The Bertz CT molecular complexity index is 1640. The number of benzene rings is 3. The van der Waals surface area contributed by atoms with Crippen molar-refractivity contribution in [1.82, 2.24) is 19.7 Å². The molecule has 5 rings (SSSR count). The molecule has 0 aliphatic heterocycles. The number of carbonyl (C=O) groups excluding carboxylic acids is 1. The number of anilines is 1. The lowest BCUT2D eigenvalue weighted by atomic mass is 10.0. The molecule has 1 N–H and O–H groups in total. The van der Waals surface area contributed by atoms with E-state index in [1.165, 1.54) is 0 Å². The molecule has 0 spiro atoms. The standard InChI is InChI=1S/C30H29N5O3/c1-6-37-26-16-11-22-9-7-8-10-25(22)29(26)30(36)33-23-12-14-24(15-13-23)38-28-17-27(31-21(5)32-28)35-20(4)18(2)19(3)34-35/h7-17H,6H2,1-5H3,(H,33,36). The Morgan fingerprint density at radius 3 is 2.42 bits per heavy atom. The number of amides is 1. The normalized spacial score (nSPS) is 11.0. The van der Waals surface area contributed by atoms with Gasteiger partial charge in [0.05, 0.1) is 17.9 Å². The van der Waals surface area contributed by atoms with Crippen LogP contribution >= 0.6 is 0 Å². The van der Waals surface area contributed by atoms with E-state index >= 15 is 0 Å². The van der Waals surface area contributed by atoms with Crippen molar-refractivity contribution in [1.29, 1.82) is 0 Å². The van der Waals surface area contributed by atoms with Crippen LogP contribution in [-0.2, 0) is 0 Å². The smallest absolute Gasteiger partial charge is 0.260 e. The molecule has 192 valence electrons. The number of hydrogen-bond acceptors (Lipinski definition) is 6. The van der Waals surface area contributed by atoms with Crippen LogP contribution in [-0.4, -0.2) is 32.3 Å². The summed E-state index contributed by atoms with van der Waals surface area (Å²) < 4.78 is 13.6. The number of nitrogens with zero attached hydrogens (tertiary/aromatic N) is 4. The first-order valence-corrected chi connectivity index (χ1v) is 12.5. The first kappa shape index (κ1) is 25.0. The van der Waals surface area contributed by atoms with E-state index in [0.717, 1.165) is 27.7 Å². The number of hydrogen-bond donors (Lipinski definition) is 1. The molecule has 38 heavy (non-hydrogen) atoms. The number of ether oxygens (including phenoxy) is 2. The van der Waals surface area contributed by atoms with Crippen molar-refractivity contribution < 1.29 is 14.3 Å². The molecule has 0 radical (unpaired) electrons. The highest BCUT2D eigenvalue weighted by Gasteiger charge is 2.17. The predicted octanol–water partition coefficient (Wildman–Crippen LogP) is 6.49. The second kappa shape index (κ2) is 10.3. The molecule has 0 saturated heterocycles. The van der Waals surface area contributed by atoms with Gasteiger partial charge in [-0.3, -0.25) is 4.79 Å². The Labute approximate surface area is 221 Å². The van der Waals surface area contributed by atoms with E-state index in [4.69, 9.17) is 9.47 Å². The molecule has 2 aromatic heterocycles. The number of rotatable bonds is 7. The summed E-state index contributed by atoms with van der Waals surface area (Å²) in [5.74, 6) is 2.52. The molecule has 5 aromatic rings. The zero-order valence-corrected chi connectivity index (χ0v) is 22.1. The van der Waals surface area contributed by atoms with Gasteiger partial charge in [-0.05, 0) is 81.3 Å². The van der Waals surface area contributed by atoms with Crippen LogP contribution < -0.4 is 14.8 Å². The van der Waals surface area contributed by atoms with Crippen LogP contribution in [0.15, 0.2) is 66.7 Å². The van der Waals surface area contributed by atoms with Gasteiger partial charge in [0.2, 0.25) is 5.88 Å². The Morgan fingerprint density at radius 2 is 1.71 bits per heavy atom. The quantitative estimate of drug-likeness (QED) is 0.271. The summed E-state index contributed by atoms with van der Waals surface area (Å²) in [6.45, 7) is 10.2. The molecule has 8 nitrogen and oxygen atoms in total. The van der Waals surface area contributed by atoms with Gasteiger partial charge in [0, 0.05) is 17.4 Å². The van der Waals surface area contributed by atoms with E-state index in [9.17, 15) is 4.79 Å². The minimum Gasteiger partial charge on any atom is -0.493 e. The molecule has 0 atom stereocenters. The summed E-state index contributed by atoms with van der Waals surface area (Å²) >= 11 is 0. The topological polar surface area (TPSA) is 91.2 Å². The van der Waals surface area contributed by atoms with E-state index in [1.807, 2.05) is 71.0 Å². The van der Waals surface area contributed by atoms with Gasteiger partial charge < -0.3 is 14.8 Å². The third-order valence-corrected chi connectivity index (χ3v) is 6.42. The van der Waals surface area contributed by atoms with Gasteiger partial charge in [-0.15, -0.1) is 0 Å². The maximum absolute atomic E-state index is 13.3. The molecule has 1 amide bonds. The SMILES string of the molecule is CCOc1ccc2ccccc2c1C(=O)Nc1ccc(Oc2cc(-n3nc(C)c(C)c3C)nc(C)n2)cc1. The molecule has 0 aliphatic rings. The highest BCUT2D eigenvalue weighted by Crippen LogP contribution is 2.30. The predicted molar refractivity (Wildman–Crippen MR) is 148 cm³/mol. The molecule has 0 fully saturated rings. The lowest BCUT2D eigenvalue weighted by Crippen LogP contribution is -2.14. The lowest BCUT2D eigenvalue weighted by molar-refractivity contribution is 0.102. The van der Waals surface area contributed by atoms with Crippen LogP contribution in [0.1, 0.15) is 40.1 Å². The van der Waals surface area contributed by atoms with Crippen LogP contribution in [0.5, 0.6) is 17.4 Å². The second-order valence-electron chi connectivity index (χ2n) is 8.99. The first-order valence-electron chi connectivity index (χ1n) is 12.5. The van der Waals surface area contributed by atoms with Crippen molar-refractivity contribution in [3.05, 3.63) is 95.1 Å². The number of aromatic nitrogens is 4. The summed E-state index contributed by atoms with van der Waals surface area (Å²) in [5.41, 5.74) is 4.24. The minimum absolute atomic E-state index is 0.241. The molecule has 3 aromatic carbocycles. The van der Waals surface area contributed by atoms with Gasteiger partial charge in [0.25, 0.3) is 5.91 Å². The Balaban J connectivity index is 1.36. The van der Waals surface area contributed by atoms with E-state index in [0.29, 0.717) is 46.9 Å². The van der Waals surface area contributed by atoms with Crippen LogP contribution in [0, 0.1) is 27.7 Å². The van der Waals surface area contributed by atoms with Gasteiger partial charge in [-0.25, -0.2) is 9.67 Å². The van der Waals surface area contributed by atoms with Gasteiger partial charge in [0.1, 0.15) is 17.3 Å². The molecule has 0 aliphatic carbocycles. The van der Waals surface area contributed by atoms with Gasteiger partial charge in [-0.1, -0.05) is 30.3 Å². The van der Waals surface area contributed by atoms with Crippen LogP contribution in [0.4, 0.5) is 5.69 Å². The maximum atomic E-state index is 13.3. The zero-order valence-electron chi connectivity index (χ0n) is 22.1. The third kappa shape index (κ3) is 4.93. The van der Waals surface area contributed by atoms with E-state index in [2.05, 4.69) is 20.4 Å². The highest BCUT2D eigenvalue weighted by molar-refractivity contribution is 6.15. The van der Waals surface area contributed by atoms with Crippen molar-refractivity contribution in [3.63, 3.8) is 0 Å². The van der Waals surface area contributed by atoms with Crippen LogP contribution in [0.2, 0.25) is 0 Å². The van der Waals surface area contributed by atoms with E-state index < -0.39 is 0 Å².